The Balaban J connectivity index is 2.68. The van der Waals surface area contributed by atoms with E-state index in [9.17, 15) is 9.59 Å². The Hall–Kier alpha value is -2.13. The van der Waals surface area contributed by atoms with Crippen LogP contribution in [0.2, 0.25) is 0 Å². The van der Waals surface area contributed by atoms with Crippen LogP contribution < -0.4 is 11.2 Å². The van der Waals surface area contributed by atoms with Gasteiger partial charge in [0, 0.05) is 10.7 Å². The highest BCUT2D eigenvalue weighted by Gasteiger charge is 2.05. The van der Waals surface area contributed by atoms with Crippen molar-refractivity contribution in [2.75, 3.05) is 0 Å². The summed E-state index contributed by atoms with van der Waals surface area (Å²) >= 11 is 3.28. The van der Waals surface area contributed by atoms with Gasteiger partial charge in [-0.25, -0.2) is 4.79 Å². The van der Waals surface area contributed by atoms with Gasteiger partial charge in [0.05, 0.1) is 5.69 Å². The van der Waals surface area contributed by atoms with Gasteiger partial charge in [-0.1, -0.05) is 15.9 Å². The number of aromatic amines is 1. The minimum Gasteiger partial charge on any atom is -0.273 e. The standard InChI is InChI=1S/C11H6BrN3O2/c12-8-1-3-9(4-2-8)15-6-7(5-13)10(16)14-11(15)17/h1-4,6H,(H,14,16,17). The minimum atomic E-state index is -0.675. The van der Waals surface area contributed by atoms with Crippen molar-refractivity contribution in [2.45, 2.75) is 0 Å². The molecule has 1 aromatic carbocycles. The quantitative estimate of drug-likeness (QED) is 0.856. The molecule has 0 aliphatic carbocycles. The molecule has 0 radical (unpaired) electrons. The highest BCUT2D eigenvalue weighted by atomic mass is 79.9. The topological polar surface area (TPSA) is 78.7 Å². The number of hydrogen-bond acceptors (Lipinski definition) is 3. The fraction of sp³-hybridized carbons (Fsp3) is 0. The van der Waals surface area contributed by atoms with Crippen molar-refractivity contribution in [1.29, 1.82) is 5.26 Å². The second-order valence-electron chi connectivity index (χ2n) is 3.26. The first kappa shape index (κ1) is 11.4. The van der Waals surface area contributed by atoms with Gasteiger partial charge in [-0.15, -0.1) is 0 Å². The van der Waals surface area contributed by atoms with Crippen molar-refractivity contribution >= 4 is 15.9 Å². The largest absolute Gasteiger partial charge is 0.332 e. The molecule has 5 nitrogen and oxygen atoms in total. The van der Waals surface area contributed by atoms with E-state index in [1.165, 1.54) is 10.8 Å². The average molecular weight is 292 g/mol. The van der Waals surface area contributed by atoms with E-state index in [0.29, 0.717) is 5.69 Å². The van der Waals surface area contributed by atoms with E-state index >= 15 is 0 Å². The number of benzene rings is 1. The maximum absolute atomic E-state index is 11.6. The van der Waals surface area contributed by atoms with Crippen molar-refractivity contribution in [1.82, 2.24) is 9.55 Å². The van der Waals surface area contributed by atoms with Crippen molar-refractivity contribution in [3.63, 3.8) is 0 Å². The van der Waals surface area contributed by atoms with Crippen molar-refractivity contribution in [2.24, 2.45) is 0 Å². The molecule has 0 aliphatic rings. The van der Waals surface area contributed by atoms with Crippen LogP contribution in [0.15, 0.2) is 44.5 Å². The van der Waals surface area contributed by atoms with E-state index in [1.54, 1.807) is 30.3 Å². The molecule has 2 aromatic rings. The molecule has 0 saturated heterocycles. The van der Waals surface area contributed by atoms with Crippen molar-refractivity contribution in [3.05, 3.63) is 61.3 Å². The van der Waals surface area contributed by atoms with Crippen LogP contribution in [0.5, 0.6) is 0 Å². The molecule has 0 fully saturated rings. The third kappa shape index (κ3) is 2.19. The van der Waals surface area contributed by atoms with Gasteiger partial charge in [-0.05, 0) is 24.3 Å². The number of rotatable bonds is 1. The van der Waals surface area contributed by atoms with Gasteiger partial charge in [0.15, 0.2) is 0 Å². The van der Waals surface area contributed by atoms with Gasteiger partial charge in [0.2, 0.25) is 0 Å². The summed E-state index contributed by atoms with van der Waals surface area (Å²) in [6.45, 7) is 0. The van der Waals surface area contributed by atoms with Gasteiger partial charge >= 0.3 is 5.69 Å². The Morgan fingerprint density at radius 1 is 1.24 bits per heavy atom. The summed E-state index contributed by atoms with van der Waals surface area (Å²) in [5.74, 6) is 0. The van der Waals surface area contributed by atoms with Crippen molar-refractivity contribution in [3.8, 4) is 11.8 Å². The first-order chi connectivity index (χ1) is 8.11. The highest BCUT2D eigenvalue weighted by molar-refractivity contribution is 9.10. The number of nitrogens with one attached hydrogen (secondary N) is 1. The van der Waals surface area contributed by atoms with E-state index in [2.05, 4.69) is 20.9 Å². The van der Waals surface area contributed by atoms with Crippen LogP contribution in [0.1, 0.15) is 5.56 Å². The Bertz CT molecular complexity index is 707. The van der Waals surface area contributed by atoms with Crippen LogP contribution in [-0.4, -0.2) is 9.55 Å². The Morgan fingerprint density at radius 2 is 1.88 bits per heavy atom. The lowest BCUT2D eigenvalue weighted by Gasteiger charge is -2.04. The first-order valence-corrected chi connectivity index (χ1v) is 5.43. The van der Waals surface area contributed by atoms with Crippen LogP contribution in [0.4, 0.5) is 0 Å². The molecule has 1 aromatic heterocycles. The van der Waals surface area contributed by atoms with Crippen LogP contribution >= 0.6 is 15.9 Å². The molecule has 0 spiro atoms. The Morgan fingerprint density at radius 3 is 2.47 bits per heavy atom. The number of nitriles is 1. The number of nitrogens with zero attached hydrogens (tertiary/aromatic N) is 2. The predicted molar refractivity (Wildman–Crippen MR) is 65.1 cm³/mol. The summed E-state index contributed by atoms with van der Waals surface area (Å²) in [7, 11) is 0. The molecule has 0 bridgehead atoms. The second-order valence-corrected chi connectivity index (χ2v) is 4.18. The molecular weight excluding hydrogens is 286 g/mol. The van der Waals surface area contributed by atoms with E-state index in [1.807, 2.05) is 0 Å². The highest BCUT2D eigenvalue weighted by Crippen LogP contribution is 2.12. The molecule has 84 valence electrons. The molecule has 0 aliphatic heterocycles. The molecule has 0 saturated carbocycles. The summed E-state index contributed by atoms with van der Waals surface area (Å²) in [5, 5.41) is 8.73. The summed E-state index contributed by atoms with van der Waals surface area (Å²) < 4.78 is 2.09. The third-order valence-electron chi connectivity index (χ3n) is 2.17. The van der Waals surface area contributed by atoms with Crippen LogP contribution in [-0.2, 0) is 0 Å². The first-order valence-electron chi connectivity index (χ1n) is 4.64. The van der Waals surface area contributed by atoms with Crippen LogP contribution in [0.3, 0.4) is 0 Å². The third-order valence-corrected chi connectivity index (χ3v) is 2.70. The Labute approximate surface area is 104 Å². The summed E-state index contributed by atoms with van der Waals surface area (Å²) in [4.78, 5) is 24.9. The van der Waals surface area contributed by atoms with Gasteiger partial charge < -0.3 is 0 Å². The Kier molecular flexibility index (Phi) is 2.93. The van der Waals surface area contributed by atoms with Gasteiger partial charge in [-0.3, -0.25) is 14.3 Å². The summed E-state index contributed by atoms with van der Waals surface area (Å²) in [5.41, 5.74) is -0.777. The predicted octanol–water partition coefficient (Wildman–Crippen LogP) is 1.16. The maximum atomic E-state index is 11.6. The van der Waals surface area contributed by atoms with E-state index in [-0.39, 0.29) is 5.56 Å². The zero-order valence-electron chi connectivity index (χ0n) is 8.48. The average Bonchev–Trinajstić information content (AvgIpc) is 2.31. The molecule has 6 heteroatoms. The summed E-state index contributed by atoms with van der Waals surface area (Å²) in [6.07, 6.45) is 1.23. The molecule has 1 N–H and O–H groups in total. The molecule has 0 unspecified atom stereocenters. The molecular formula is C11H6BrN3O2. The lowest BCUT2D eigenvalue weighted by Crippen LogP contribution is -2.29. The fourth-order valence-electron chi connectivity index (χ4n) is 1.34. The zero-order chi connectivity index (χ0) is 12.4. The van der Waals surface area contributed by atoms with Crippen LogP contribution in [0, 0.1) is 11.3 Å². The van der Waals surface area contributed by atoms with E-state index in [4.69, 9.17) is 5.26 Å². The van der Waals surface area contributed by atoms with E-state index in [0.717, 1.165) is 4.47 Å². The van der Waals surface area contributed by atoms with Crippen molar-refractivity contribution < 1.29 is 0 Å². The molecule has 1 heterocycles. The van der Waals surface area contributed by atoms with Crippen LogP contribution in [0.25, 0.3) is 5.69 Å². The van der Waals surface area contributed by atoms with Gasteiger partial charge in [-0.2, -0.15) is 5.26 Å². The van der Waals surface area contributed by atoms with Gasteiger partial charge in [0.25, 0.3) is 5.56 Å². The number of hydrogen-bond donors (Lipinski definition) is 1. The van der Waals surface area contributed by atoms with Gasteiger partial charge in [0.1, 0.15) is 11.6 Å². The number of halogens is 1. The lowest BCUT2D eigenvalue weighted by atomic mass is 10.3. The smallest absolute Gasteiger partial charge is 0.273 e. The monoisotopic (exact) mass is 291 g/mol. The molecule has 2 rings (SSSR count). The minimum absolute atomic E-state index is 0.104. The maximum Gasteiger partial charge on any atom is 0.332 e. The fourth-order valence-corrected chi connectivity index (χ4v) is 1.61. The molecule has 0 atom stereocenters. The zero-order valence-corrected chi connectivity index (χ0v) is 10.1. The molecule has 0 amide bonds. The number of aromatic nitrogens is 2. The SMILES string of the molecule is N#Cc1cn(-c2ccc(Br)cc2)c(=O)[nH]c1=O. The summed E-state index contributed by atoms with van der Waals surface area (Å²) in [6, 6.07) is 8.66. The second kappa shape index (κ2) is 4.39. The van der Waals surface area contributed by atoms with E-state index < -0.39 is 11.2 Å². The number of H-pyrrole nitrogens is 1. The lowest BCUT2D eigenvalue weighted by molar-refractivity contribution is 0.889. The molecule has 17 heavy (non-hydrogen) atoms. The normalized spacial score (nSPS) is 9.88.